The number of thiocarbonyl (C=S) groups is 1. The summed E-state index contributed by atoms with van der Waals surface area (Å²) in [5.74, 6) is 0.852. The van der Waals surface area contributed by atoms with E-state index in [-0.39, 0.29) is 6.04 Å². The first-order chi connectivity index (χ1) is 6.15. The number of rotatable bonds is 3. The Balaban J connectivity index is 2.46. The number of hydrogen-bond acceptors (Lipinski definition) is 2. The highest BCUT2D eigenvalue weighted by Gasteiger charge is 2.23. The predicted octanol–water partition coefficient (Wildman–Crippen LogP) is 1.78. The van der Waals surface area contributed by atoms with E-state index in [0.717, 1.165) is 12.5 Å². The summed E-state index contributed by atoms with van der Waals surface area (Å²) < 4.78 is 0. The Morgan fingerprint density at radius 3 is 2.92 bits per heavy atom. The van der Waals surface area contributed by atoms with E-state index in [4.69, 9.17) is 18.0 Å². The van der Waals surface area contributed by atoms with Gasteiger partial charge in [0.05, 0.1) is 11.0 Å². The minimum absolute atomic E-state index is 0.282. The highest BCUT2D eigenvalue weighted by atomic mass is 32.1. The summed E-state index contributed by atoms with van der Waals surface area (Å²) in [6.07, 6.45) is 3.95. The molecule has 3 heteroatoms. The molecule has 76 valence electrons. The van der Waals surface area contributed by atoms with Crippen molar-refractivity contribution in [1.82, 2.24) is 4.90 Å². The molecular formula is C10H20N2S. The van der Waals surface area contributed by atoms with Crippen LogP contribution < -0.4 is 5.73 Å². The molecule has 0 radical (unpaired) electrons. The third-order valence-electron chi connectivity index (χ3n) is 3.09. The summed E-state index contributed by atoms with van der Waals surface area (Å²) in [7, 11) is 0. The van der Waals surface area contributed by atoms with Crippen molar-refractivity contribution in [2.45, 2.75) is 39.2 Å². The van der Waals surface area contributed by atoms with Gasteiger partial charge >= 0.3 is 0 Å². The Bertz CT molecular complexity index is 182. The Kier molecular flexibility index (Phi) is 4.13. The lowest BCUT2D eigenvalue weighted by Crippen LogP contribution is -2.46. The fourth-order valence-electron chi connectivity index (χ4n) is 1.96. The van der Waals surface area contributed by atoms with Crippen LogP contribution in [0, 0.1) is 5.92 Å². The second kappa shape index (κ2) is 4.91. The fraction of sp³-hybridized carbons (Fsp3) is 0.900. The summed E-state index contributed by atoms with van der Waals surface area (Å²) in [5.41, 5.74) is 5.64. The van der Waals surface area contributed by atoms with Crippen molar-refractivity contribution in [2.24, 2.45) is 11.7 Å². The van der Waals surface area contributed by atoms with Crippen LogP contribution in [-0.4, -0.2) is 29.0 Å². The van der Waals surface area contributed by atoms with Crippen LogP contribution in [0.25, 0.3) is 0 Å². The molecule has 0 spiro atoms. The smallest absolute Gasteiger partial charge is 0.0899 e. The number of nitrogens with two attached hydrogens (primary N) is 1. The first-order valence-corrected chi connectivity index (χ1v) is 5.59. The lowest BCUT2D eigenvalue weighted by molar-refractivity contribution is 0.158. The van der Waals surface area contributed by atoms with E-state index < -0.39 is 0 Å². The van der Waals surface area contributed by atoms with E-state index >= 15 is 0 Å². The van der Waals surface area contributed by atoms with E-state index in [0.29, 0.717) is 4.99 Å². The summed E-state index contributed by atoms with van der Waals surface area (Å²) in [5, 5.41) is 0. The number of nitrogens with zero attached hydrogens (tertiary/aromatic N) is 1. The van der Waals surface area contributed by atoms with Gasteiger partial charge in [0.25, 0.3) is 0 Å². The second-order valence-corrected chi connectivity index (χ2v) is 4.46. The largest absolute Gasteiger partial charge is 0.392 e. The summed E-state index contributed by atoms with van der Waals surface area (Å²) in [6, 6.07) is 0.282. The van der Waals surface area contributed by atoms with Crippen molar-refractivity contribution in [3.63, 3.8) is 0 Å². The third-order valence-corrected chi connectivity index (χ3v) is 3.43. The molecule has 1 saturated heterocycles. The maximum Gasteiger partial charge on any atom is 0.0899 e. The highest BCUT2D eigenvalue weighted by Crippen LogP contribution is 2.20. The van der Waals surface area contributed by atoms with Crippen LogP contribution >= 0.6 is 12.2 Å². The molecule has 1 rings (SSSR count). The van der Waals surface area contributed by atoms with Gasteiger partial charge in [0.15, 0.2) is 0 Å². The molecular weight excluding hydrogens is 180 g/mol. The molecule has 1 fully saturated rings. The molecule has 1 aliphatic rings. The Labute approximate surface area is 86.5 Å². The van der Waals surface area contributed by atoms with E-state index in [1.165, 1.54) is 25.8 Å². The van der Waals surface area contributed by atoms with Gasteiger partial charge in [0, 0.05) is 6.54 Å². The average Bonchev–Trinajstić information content (AvgIpc) is 2.16. The zero-order valence-electron chi connectivity index (χ0n) is 8.62. The van der Waals surface area contributed by atoms with Gasteiger partial charge in [0.1, 0.15) is 0 Å². The number of hydrogen-bond donors (Lipinski definition) is 1. The maximum absolute atomic E-state index is 5.64. The topological polar surface area (TPSA) is 29.3 Å². The molecule has 0 saturated carbocycles. The molecule has 2 nitrogen and oxygen atoms in total. The van der Waals surface area contributed by atoms with Gasteiger partial charge in [0.2, 0.25) is 0 Å². The van der Waals surface area contributed by atoms with Gasteiger partial charge in [-0.2, -0.15) is 0 Å². The van der Waals surface area contributed by atoms with Crippen molar-refractivity contribution in [3.8, 4) is 0 Å². The standard InChI is InChI=1S/C10H20N2S/c1-3-9-5-4-6-12(7-9)8(2)10(11)13/h8-9H,3-7H2,1-2H3,(H2,11,13). The molecule has 2 N–H and O–H groups in total. The van der Waals surface area contributed by atoms with Crippen LogP contribution in [0.2, 0.25) is 0 Å². The molecule has 0 aromatic heterocycles. The average molecular weight is 200 g/mol. The molecule has 13 heavy (non-hydrogen) atoms. The van der Waals surface area contributed by atoms with E-state index in [1.807, 2.05) is 0 Å². The lowest BCUT2D eigenvalue weighted by atomic mass is 9.95. The molecule has 1 aliphatic heterocycles. The van der Waals surface area contributed by atoms with Crippen molar-refractivity contribution in [2.75, 3.05) is 13.1 Å². The van der Waals surface area contributed by atoms with Gasteiger partial charge < -0.3 is 5.73 Å². The molecule has 0 bridgehead atoms. The maximum atomic E-state index is 5.64. The van der Waals surface area contributed by atoms with Gasteiger partial charge in [-0.15, -0.1) is 0 Å². The lowest BCUT2D eigenvalue weighted by Gasteiger charge is -2.36. The quantitative estimate of drug-likeness (QED) is 0.704. The first kappa shape index (κ1) is 10.9. The van der Waals surface area contributed by atoms with Gasteiger partial charge in [-0.25, -0.2) is 0 Å². The SMILES string of the molecule is CCC1CCCN(C(C)C(N)=S)C1. The van der Waals surface area contributed by atoms with Crippen LogP contribution in [0.1, 0.15) is 33.1 Å². The van der Waals surface area contributed by atoms with Crippen LogP contribution in [0.15, 0.2) is 0 Å². The van der Waals surface area contributed by atoms with E-state index in [1.54, 1.807) is 0 Å². The molecule has 0 aromatic rings. The zero-order chi connectivity index (χ0) is 9.84. The summed E-state index contributed by atoms with van der Waals surface area (Å²) >= 11 is 5.01. The molecule has 0 aromatic carbocycles. The molecule has 1 heterocycles. The van der Waals surface area contributed by atoms with Crippen molar-refractivity contribution < 1.29 is 0 Å². The second-order valence-electron chi connectivity index (χ2n) is 3.99. The van der Waals surface area contributed by atoms with Crippen LogP contribution in [0.4, 0.5) is 0 Å². The zero-order valence-corrected chi connectivity index (χ0v) is 9.44. The van der Waals surface area contributed by atoms with Crippen LogP contribution in [0.5, 0.6) is 0 Å². The van der Waals surface area contributed by atoms with E-state index in [9.17, 15) is 0 Å². The summed E-state index contributed by atoms with van der Waals surface area (Å²) in [4.78, 5) is 3.05. The molecule has 2 atom stereocenters. The third kappa shape index (κ3) is 2.92. The fourth-order valence-corrected chi connectivity index (χ4v) is 2.11. The normalized spacial score (nSPS) is 27.1. The van der Waals surface area contributed by atoms with Gasteiger partial charge in [-0.1, -0.05) is 25.6 Å². The van der Waals surface area contributed by atoms with Crippen LogP contribution in [0.3, 0.4) is 0 Å². The molecule has 0 amide bonds. The van der Waals surface area contributed by atoms with Crippen molar-refractivity contribution >= 4 is 17.2 Å². The van der Waals surface area contributed by atoms with Gasteiger partial charge in [-0.3, -0.25) is 4.90 Å². The minimum Gasteiger partial charge on any atom is -0.392 e. The van der Waals surface area contributed by atoms with Crippen molar-refractivity contribution in [3.05, 3.63) is 0 Å². The minimum atomic E-state index is 0.282. The first-order valence-electron chi connectivity index (χ1n) is 5.18. The predicted molar refractivity (Wildman–Crippen MR) is 60.8 cm³/mol. The molecule has 2 unspecified atom stereocenters. The monoisotopic (exact) mass is 200 g/mol. The highest BCUT2D eigenvalue weighted by molar-refractivity contribution is 7.80. The Hall–Kier alpha value is -0.150. The Morgan fingerprint density at radius 2 is 2.38 bits per heavy atom. The van der Waals surface area contributed by atoms with Crippen LogP contribution in [-0.2, 0) is 0 Å². The summed E-state index contributed by atoms with van der Waals surface area (Å²) in [6.45, 7) is 6.71. The van der Waals surface area contributed by atoms with Gasteiger partial charge in [-0.05, 0) is 32.2 Å². The Morgan fingerprint density at radius 1 is 1.69 bits per heavy atom. The van der Waals surface area contributed by atoms with E-state index in [2.05, 4.69) is 18.7 Å². The number of likely N-dealkylation sites (tertiary alicyclic amines) is 1. The molecule has 0 aliphatic carbocycles. The number of piperidine rings is 1. The van der Waals surface area contributed by atoms with Crippen molar-refractivity contribution in [1.29, 1.82) is 0 Å².